The van der Waals surface area contributed by atoms with Crippen LogP contribution in [0.25, 0.3) is 11.0 Å². The minimum Gasteiger partial charge on any atom is -0.352 e. The number of imidazole rings is 1. The summed E-state index contributed by atoms with van der Waals surface area (Å²) in [7, 11) is -1.88. The van der Waals surface area contributed by atoms with Crippen LogP contribution in [0.3, 0.4) is 0 Å². The number of nitrogens with one attached hydrogen (secondary N) is 1. The van der Waals surface area contributed by atoms with Crippen molar-refractivity contribution in [3.63, 3.8) is 0 Å². The summed E-state index contributed by atoms with van der Waals surface area (Å²) in [5.74, 6) is -0.0897. The number of piperidine rings is 1. The molecule has 2 heterocycles. The molecule has 0 unspecified atom stereocenters. The van der Waals surface area contributed by atoms with Gasteiger partial charge in [-0.1, -0.05) is 18.6 Å². The van der Waals surface area contributed by atoms with Gasteiger partial charge in [-0.25, -0.2) is 17.8 Å². The van der Waals surface area contributed by atoms with Crippen molar-refractivity contribution < 1.29 is 17.6 Å². The number of rotatable bonds is 6. The van der Waals surface area contributed by atoms with E-state index in [1.165, 1.54) is 28.6 Å². The van der Waals surface area contributed by atoms with Gasteiger partial charge in [-0.2, -0.15) is 4.31 Å². The molecular formula is C22H25FN4O3S. The Labute approximate surface area is 180 Å². The predicted molar refractivity (Wildman–Crippen MR) is 116 cm³/mol. The third-order valence-electron chi connectivity index (χ3n) is 5.63. The van der Waals surface area contributed by atoms with Gasteiger partial charge in [0.25, 0.3) is 5.91 Å². The predicted octanol–water partition coefficient (Wildman–Crippen LogP) is 2.86. The smallest absolute Gasteiger partial charge is 0.252 e. The number of carbonyl (C=O) groups excluding carboxylic acids is 1. The van der Waals surface area contributed by atoms with Crippen LogP contribution < -0.4 is 5.32 Å². The van der Waals surface area contributed by atoms with Crippen LogP contribution in [0, 0.1) is 5.82 Å². The van der Waals surface area contributed by atoms with Crippen LogP contribution in [-0.4, -0.2) is 47.8 Å². The first kappa shape index (κ1) is 21.5. The van der Waals surface area contributed by atoms with Gasteiger partial charge in [0, 0.05) is 39.2 Å². The topological polar surface area (TPSA) is 84.3 Å². The van der Waals surface area contributed by atoms with E-state index in [2.05, 4.69) is 10.3 Å². The number of aromatic nitrogens is 2. The van der Waals surface area contributed by atoms with Gasteiger partial charge in [-0.05, 0) is 37.1 Å². The maximum Gasteiger partial charge on any atom is 0.252 e. The van der Waals surface area contributed by atoms with E-state index in [0.717, 1.165) is 24.8 Å². The molecule has 9 heteroatoms. The molecule has 1 amide bonds. The van der Waals surface area contributed by atoms with Gasteiger partial charge in [0.15, 0.2) is 0 Å². The standard InChI is InChI=1S/C22H25FN4O3S/c1-26-19-10-9-16(23)15-18(19)25-21(26)11-12-24-22(28)17-7-3-4-8-20(17)31(29,30)27-13-5-2-6-14-27/h3-4,7-10,15H,2,5-6,11-14H2,1H3,(H,24,28). The van der Waals surface area contributed by atoms with Gasteiger partial charge in [0.1, 0.15) is 11.6 Å². The molecule has 0 radical (unpaired) electrons. The second-order valence-electron chi connectivity index (χ2n) is 7.69. The van der Waals surface area contributed by atoms with E-state index >= 15 is 0 Å². The molecule has 7 nitrogen and oxygen atoms in total. The molecule has 0 atom stereocenters. The van der Waals surface area contributed by atoms with Crippen LogP contribution >= 0.6 is 0 Å². The Kier molecular flexibility index (Phi) is 6.06. The minimum absolute atomic E-state index is 0.0348. The Morgan fingerprint density at radius 3 is 2.65 bits per heavy atom. The SMILES string of the molecule is Cn1c(CCNC(=O)c2ccccc2S(=O)(=O)N2CCCCC2)nc2cc(F)ccc21. The molecule has 1 N–H and O–H groups in total. The Bertz CT molecular complexity index is 1220. The third kappa shape index (κ3) is 4.33. The van der Waals surface area contributed by atoms with Crippen molar-refractivity contribution in [1.29, 1.82) is 0 Å². The van der Waals surface area contributed by atoms with Crippen LogP contribution in [-0.2, 0) is 23.5 Å². The summed E-state index contributed by atoms with van der Waals surface area (Å²) in [5.41, 5.74) is 1.50. The zero-order valence-electron chi connectivity index (χ0n) is 17.3. The number of carbonyl (C=O) groups is 1. The van der Waals surface area contributed by atoms with E-state index in [1.54, 1.807) is 18.2 Å². The van der Waals surface area contributed by atoms with Crippen LogP contribution in [0.15, 0.2) is 47.4 Å². The Hall–Kier alpha value is -2.78. The maximum absolute atomic E-state index is 13.4. The number of amides is 1. The lowest BCUT2D eigenvalue weighted by Crippen LogP contribution is -2.37. The van der Waals surface area contributed by atoms with Gasteiger partial charge in [0.05, 0.1) is 21.5 Å². The molecule has 164 valence electrons. The normalized spacial score (nSPS) is 15.3. The first-order valence-electron chi connectivity index (χ1n) is 10.4. The summed E-state index contributed by atoms with van der Waals surface area (Å²) < 4.78 is 42.9. The van der Waals surface area contributed by atoms with Crippen molar-refractivity contribution in [2.75, 3.05) is 19.6 Å². The Morgan fingerprint density at radius 1 is 1.13 bits per heavy atom. The van der Waals surface area contributed by atoms with Crippen molar-refractivity contribution in [3.05, 3.63) is 59.7 Å². The molecule has 0 bridgehead atoms. The van der Waals surface area contributed by atoms with Crippen molar-refractivity contribution >= 4 is 27.0 Å². The summed E-state index contributed by atoms with van der Waals surface area (Å²) >= 11 is 0. The number of hydrogen-bond acceptors (Lipinski definition) is 4. The lowest BCUT2D eigenvalue weighted by Gasteiger charge is -2.26. The second kappa shape index (κ2) is 8.76. The number of fused-ring (bicyclic) bond motifs is 1. The molecule has 1 aromatic heterocycles. The Morgan fingerprint density at radius 2 is 1.87 bits per heavy atom. The average Bonchev–Trinajstić information content (AvgIpc) is 3.08. The van der Waals surface area contributed by atoms with E-state index < -0.39 is 15.9 Å². The molecule has 1 fully saturated rings. The van der Waals surface area contributed by atoms with E-state index in [0.29, 0.717) is 30.9 Å². The Balaban J connectivity index is 1.48. The number of nitrogens with zero attached hydrogens (tertiary/aromatic N) is 3. The molecule has 0 spiro atoms. The summed E-state index contributed by atoms with van der Waals surface area (Å²) in [5, 5.41) is 2.80. The van der Waals surface area contributed by atoms with Crippen molar-refractivity contribution in [2.24, 2.45) is 7.05 Å². The van der Waals surface area contributed by atoms with E-state index in [9.17, 15) is 17.6 Å². The van der Waals surface area contributed by atoms with Crippen LogP contribution in [0.2, 0.25) is 0 Å². The molecule has 31 heavy (non-hydrogen) atoms. The highest BCUT2D eigenvalue weighted by atomic mass is 32.2. The van der Waals surface area contributed by atoms with E-state index in [-0.39, 0.29) is 22.8 Å². The molecule has 1 aliphatic heterocycles. The first-order valence-corrected chi connectivity index (χ1v) is 11.8. The summed E-state index contributed by atoms with van der Waals surface area (Å²) in [6.45, 7) is 1.23. The highest BCUT2D eigenvalue weighted by molar-refractivity contribution is 7.89. The molecule has 0 saturated carbocycles. The maximum atomic E-state index is 13.4. The van der Waals surface area contributed by atoms with Gasteiger partial charge < -0.3 is 9.88 Å². The number of benzene rings is 2. The zero-order chi connectivity index (χ0) is 22.0. The summed E-state index contributed by atoms with van der Waals surface area (Å²) in [4.78, 5) is 17.3. The van der Waals surface area contributed by atoms with Crippen LogP contribution in [0.5, 0.6) is 0 Å². The summed E-state index contributed by atoms with van der Waals surface area (Å²) in [6, 6.07) is 10.7. The first-order chi connectivity index (χ1) is 14.9. The van der Waals surface area contributed by atoms with Crippen LogP contribution in [0.4, 0.5) is 4.39 Å². The highest BCUT2D eigenvalue weighted by Gasteiger charge is 2.29. The van der Waals surface area contributed by atoms with Gasteiger partial charge in [-0.15, -0.1) is 0 Å². The number of hydrogen-bond donors (Lipinski definition) is 1. The zero-order valence-corrected chi connectivity index (χ0v) is 18.2. The number of sulfonamides is 1. The van der Waals surface area contributed by atoms with Gasteiger partial charge >= 0.3 is 0 Å². The number of aryl methyl sites for hydroxylation is 1. The van der Waals surface area contributed by atoms with Gasteiger partial charge in [-0.3, -0.25) is 4.79 Å². The third-order valence-corrected chi connectivity index (χ3v) is 7.59. The number of halogens is 1. The molecule has 2 aromatic carbocycles. The summed E-state index contributed by atoms with van der Waals surface area (Å²) in [6.07, 6.45) is 3.10. The lowest BCUT2D eigenvalue weighted by molar-refractivity contribution is 0.0950. The second-order valence-corrected chi connectivity index (χ2v) is 9.59. The fraction of sp³-hybridized carbons (Fsp3) is 0.364. The van der Waals surface area contributed by atoms with E-state index in [1.807, 2.05) is 11.6 Å². The molecular weight excluding hydrogens is 419 g/mol. The highest BCUT2D eigenvalue weighted by Crippen LogP contribution is 2.23. The molecule has 0 aliphatic carbocycles. The van der Waals surface area contributed by atoms with Crippen molar-refractivity contribution in [3.8, 4) is 0 Å². The monoisotopic (exact) mass is 444 g/mol. The quantitative estimate of drug-likeness (QED) is 0.634. The van der Waals surface area contributed by atoms with Gasteiger partial charge in [0.2, 0.25) is 10.0 Å². The van der Waals surface area contributed by atoms with Crippen LogP contribution in [0.1, 0.15) is 35.4 Å². The molecule has 3 aromatic rings. The average molecular weight is 445 g/mol. The molecule has 4 rings (SSSR count). The molecule has 1 aliphatic rings. The fourth-order valence-corrected chi connectivity index (χ4v) is 5.66. The fourth-order valence-electron chi connectivity index (χ4n) is 3.95. The molecule has 1 saturated heterocycles. The van der Waals surface area contributed by atoms with E-state index in [4.69, 9.17) is 0 Å². The minimum atomic E-state index is -3.72. The largest absolute Gasteiger partial charge is 0.352 e. The lowest BCUT2D eigenvalue weighted by atomic mass is 10.2. The van der Waals surface area contributed by atoms with Crippen molar-refractivity contribution in [2.45, 2.75) is 30.6 Å². The van der Waals surface area contributed by atoms with Crippen molar-refractivity contribution in [1.82, 2.24) is 19.2 Å².